The summed E-state index contributed by atoms with van der Waals surface area (Å²) in [4.78, 5) is 25.2. The van der Waals surface area contributed by atoms with Crippen molar-refractivity contribution in [2.75, 3.05) is 0 Å². The normalized spacial score (nSPS) is 11.2. The van der Waals surface area contributed by atoms with E-state index in [1.165, 1.54) is 0 Å². The predicted octanol–water partition coefficient (Wildman–Crippen LogP) is 0.588. The lowest BCUT2D eigenvalue weighted by Crippen LogP contribution is -2.12. The van der Waals surface area contributed by atoms with E-state index in [0.29, 0.717) is 11.3 Å². The van der Waals surface area contributed by atoms with E-state index in [-0.39, 0.29) is 24.0 Å². The molecule has 0 amide bonds. The minimum absolute atomic E-state index is 0.0537. The molecule has 1 aromatic carbocycles. The topological polar surface area (TPSA) is 100 Å². The van der Waals surface area contributed by atoms with E-state index in [1.54, 1.807) is 10.5 Å². The number of carbonyl (C=O) groups is 1. The zero-order valence-electron chi connectivity index (χ0n) is 9.83. The Morgan fingerprint density at radius 1 is 1.32 bits per heavy atom. The average molecular weight is 258 g/mol. The van der Waals surface area contributed by atoms with Crippen molar-refractivity contribution in [1.82, 2.24) is 19.6 Å². The highest BCUT2D eigenvalue weighted by atomic mass is 16.4. The summed E-state index contributed by atoms with van der Waals surface area (Å²) in [5.74, 6) is -0.439. The highest BCUT2D eigenvalue weighted by Gasteiger charge is 2.13. The second-order valence-electron chi connectivity index (χ2n) is 4.14. The Bertz CT molecular complexity index is 834. The van der Waals surface area contributed by atoms with E-state index in [2.05, 4.69) is 15.2 Å². The van der Waals surface area contributed by atoms with Crippen molar-refractivity contribution >= 4 is 22.6 Å². The minimum Gasteiger partial charge on any atom is -0.481 e. The lowest BCUT2D eigenvalue weighted by Gasteiger charge is -2.03. The van der Waals surface area contributed by atoms with Gasteiger partial charge in [-0.1, -0.05) is 12.1 Å². The number of H-pyrrole nitrogens is 1. The molecular formula is C12H10N4O3. The monoisotopic (exact) mass is 258 g/mol. The van der Waals surface area contributed by atoms with Crippen molar-refractivity contribution in [1.29, 1.82) is 0 Å². The zero-order valence-corrected chi connectivity index (χ0v) is 9.83. The summed E-state index contributed by atoms with van der Waals surface area (Å²) in [5, 5.41) is 16.5. The standard InChI is InChI=1S/C12H10N4O3/c17-10(18)6-5-9-14-15-11-12(19)13-7-3-1-2-4-8(7)16(9)11/h1-4H,5-6H2,(H,13,19)(H,17,18). The summed E-state index contributed by atoms with van der Waals surface area (Å²) in [5.41, 5.74) is 1.26. The van der Waals surface area contributed by atoms with Gasteiger partial charge in [0.25, 0.3) is 5.56 Å². The van der Waals surface area contributed by atoms with Crippen LogP contribution in [0.2, 0.25) is 0 Å². The van der Waals surface area contributed by atoms with Crippen molar-refractivity contribution in [3.05, 3.63) is 40.4 Å². The lowest BCUT2D eigenvalue weighted by atomic mass is 10.2. The van der Waals surface area contributed by atoms with Crippen molar-refractivity contribution in [2.24, 2.45) is 0 Å². The quantitative estimate of drug-likeness (QED) is 0.716. The van der Waals surface area contributed by atoms with E-state index in [9.17, 15) is 9.59 Å². The molecule has 19 heavy (non-hydrogen) atoms. The number of nitrogens with zero attached hydrogens (tertiary/aromatic N) is 3. The van der Waals surface area contributed by atoms with Crippen LogP contribution >= 0.6 is 0 Å². The van der Waals surface area contributed by atoms with Gasteiger partial charge in [0.05, 0.1) is 17.5 Å². The van der Waals surface area contributed by atoms with Gasteiger partial charge in [0, 0.05) is 6.42 Å². The third kappa shape index (κ3) is 1.85. The third-order valence-electron chi connectivity index (χ3n) is 2.89. The Kier molecular flexibility index (Phi) is 2.52. The van der Waals surface area contributed by atoms with E-state index in [0.717, 1.165) is 5.52 Å². The van der Waals surface area contributed by atoms with Gasteiger partial charge in [-0.25, -0.2) is 0 Å². The molecule has 0 fully saturated rings. The van der Waals surface area contributed by atoms with Crippen LogP contribution in [0.1, 0.15) is 12.2 Å². The maximum absolute atomic E-state index is 11.8. The van der Waals surface area contributed by atoms with Crippen LogP contribution in [0.3, 0.4) is 0 Å². The number of aliphatic carboxylic acids is 1. The molecule has 3 aromatic rings. The SMILES string of the molecule is O=C(O)CCc1nnc2c(=O)[nH]c3ccccc3n12. The number of carboxylic acids is 1. The third-order valence-corrected chi connectivity index (χ3v) is 2.89. The molecule has 2 N–H and O–H groups in total. The number of para-hydroxylation sites is 2. The number of hydrogen-bond donors (Lipinski definition) is 2. The van der Waals surface area contributed by atoms with Crippen LogP contribution in [0, 0.1) is 0 Å². The first kappa shape index (κ1) is 11.4. The van der Waals surface area contributed by atoms with Gasteiger partial charge < -0.3 is 10.1 Å². The lowest BCUT2D eigenvalue weighted by molar-refractivity contribution is -0.137. The fourth-order valence-corrected chi connectivity index (χ4v) is 2.05. The molecule has 0 radical (unpaired) electrons. The first-order valence-corrected chi connectivity index (χ1v) is 5.73. The maximum Gasteiger partial charge on any atom is 0.303 e. The largest absolute Gasteiger partial charge is 0.481 e. The smallest absolute Gasteiger partial charge is 0.303 e. The summed E-state index contributed by atoms with van der Waals surface area (Å²) >= 11 is 0. The van der Waals surface area contributed by atoms with Crippen LogP contribution in [0.15, 0.2) is 29.1 Å². The molecule has 0 atom stereocenters. The molecule has 3 rings (SSSR count). The van der Waals surface area contributed by atoms with Crippen LogP contribution < -0.4 is 5.56 Å². The molecule has 0 spiro atoms. The van der Waals surface area contributed by atoms with Crippen molar-refractivity contribution in [3.63, 3.8) is 0 Å². The average Bonchev–Trinajstić information content (AvgIpc) is 2.81. The first-order chi connectivity index (χ1) is 9.16. The van der Waals surface area contributed by atoms with E-state index in [4.69, 9.17) is 5.11 Å². The number of aryl methyl sites for hydroxylation is 1. The highest BCUT2D eigenvalue weighted by molar-refractivity contribution is 5.77. The Balaban J connectivity index is 2.30. The summed E-state index contributed by atoms with van der Waals surface area (Å²) in [6.45, 7) is 0. The summed E-state index contributed by atoms with van der Waals surface area (Å²) in [6, 6.07) is 7.25. The van der Waals surface area contributed by atoms with Gasteiger partial charge in [0.15, 0.2) is 0 Å². The molecule has 7 nitrogen and oxygen atoms in total. The van der Waals surface area contributed by atoms with Gasteiger partial charge in [-0.2, -0.15) is 0 Å². The van der Waals surface area contributed by atoms with Crippen LogP contribution in [-0.2, 0) is 11.2 Å². The molecule has 0 saturated heterocycles. The second kappa shape index (κ2) is 4.20. The predicted molar refractivity (Wildman–Crippen MR) is 67.1 cm³/mol. The van der Waals surface area contributed by atoms with Crippen molar-refractivity contribution < 1.29 is 9.90 Å². The molecule has 7 heteroatoms. The maximum atomic E-state index is 11.8. The summed E-state index contributed by atoms with van der Waals surface area (Å²) in [7, 11) is 0. The fourth-order valence-electron chi connectivity index (χ4n) is 2.05. The van der Waals surface area contributed by atoms with Gasteiger partial charge in [-0.3, -0.25) is 14.0 Å². The number of nitrogens with one attached hydrogen (secondary N) is 1. The van der Waals surface area contributed by atoms with Gasteiger partial charge in [0.2, 0.25) is 5.65 Å². The number of hydrogen-bond acceptors (Lipinski definition) is 4. The van der Waals surface area contributed by atoms with Crippen molar-refractivity contribution in [3.8, 4) is 0 Å². The van der Waals surface area contributed by atoms with E-state index in [1.807, 2.05) is 18.2 Å². The van der Waals surface area contributed by atoms with Crippen LogP contribution in [-0.4, -0.2) is 30.7 Å². The molecule has 0 unspecified atom stereocenters. The van der Waals surface area contributed by atoms with Gasteiger partial charge in [-0.15, -0.1) is 10.2 Å². The Labute approximate surface area is 106 Å². The van der Waals surface area contributed by atoms with E-state index >= 15 is 0 Å². The zero-order chi connectivity index (χ0) is 13.4. The number of aromatic amines is 1. The van der Waals surface area contributed by atoms with Gasteiger partial charge in [0.1, 0.15) is 5.82 Å². The Morgan fingerprint density at radius 3 is 2.89 bits per heavy atom. The number of rotatable bonds is 3. The molecule has 0 aliphatic heterocycles. The highest BCUT2D eigenvalue weighted by Crippen LogP contribution is 2.13. The molecule has 0 bridgehead atoms. The number of fused-ring (bicyclic) bond motifs is 3. The van der Waals surface area contributed by atoms with Gasteiger partial charge in [-0.05, 0) is 12.1 Å². The summed E-state index contributed by atoms with van der Waals surface area (Å²) in [6.07, 6.45) is 0.172. The molecule has 2 aromatic heterocycles. The van der Waals surface area contributed by atoms with Crippen LogP contribution in [0.25, 0.3) is 16.7 Å². The summed E-state index contributed by atoms with van der Waals surface area (Å²) < 4.78 is 1.61. The first-order valence-electron chi connectivity index (χ1n) is 5.73. The molecular weight excluding hydrogens is 248 g/mol. The number of carboxylic acid groups (broad SMARTS) is 1. The van der Waals surface area contributed by atoms with Crippen molar-refractivity contribution in [2.45, 2.75) is 12.8 Å². The number of benzene rings is 1. The molecule has 0 saturated carbocycles. The molecule has 96 valence electrons. The fraction of sp³-hybridized carbons (Fsp3) is 0.167. The van der Waals surface area contributed by atoms with Gasteiger partial charge >= 0.3 is 5.97 Å². The van der Waals surface area contributed by atoms with E-state index < -0.39 is 5.97 Å². The molecule has 0 aliphatic rings. The minimum atomic E-state index is -0.911. The molecule has 2 heterocycles. The number of aromatic nitrogens is 4. The Morgan fingerprint density at radius 2 is 2.11 bits per heavy atom. The molecule has 0 aliphatic carbocycles. The van der Waals surface area contributed by atoms with Crippen LogP contribution in [0.4, 0.5) is 0 Å². The second-order valence-corrected chi connectivity index (χ2v) is 4.14. The van der Waals surface area contributed by atoms with Crippen LogP contribution in [0.5, 0.6) is 0 Å². The Hall–Kier alpha value is -2.70.